The van der Waals surface area contributed by atoms with Crippen molar-refractivity contribution < 1.29 is 42.1 Å². The van der Waals surface area contributed by atoms with Gasteiger partial charge in [0.15, 0.2) is 6.10 Å². The summed E-state index contributed by atoms with van der Waals surface area (Å²) in [6.07, 6.45) is 54.8. The molecule has 0 N–H and O–H groups in total. The number of unbranched alkanes of at least 4 members (excludes halogenated alkanes) is 29. The zero-order chi connectivity index (χ0) is 47.1. The molecule has 0 aromatic heterocycles. The van der Waals surface area contributed by atoms with Gasteiger partial charge in [-0.25, -0.2) is 0 Å². The SMILES string of the molecule is CCCCCCCC/C=C/C/C=C/C/C=C/CCCC(=O)OC[C@H](COP(=O)([O-])OCC[N+](C)(C)C)OC(=O)CCCCCCCCCCCCCCCCCCCCCCCCC. The zero-order valence-electron chi connectivity index (χ0n) is 42.5. The third-order valence-corrected chi connectivity index (χ3v) is 12.6. The van der Waals surface area contributed by atoms with E-state index in [0.29, 0.717) is 23.9 Å². The lowest BCUT2D eigenvalue weighted by atomic mass is 10.0. The third-order valence-electron chi connectivity index (χ3n) is 11.7. The fourth-order valence-electron chi connectivity index (χ4n) is 7.50. The molecule has 0 rings (SSSR count). The first-order valence-electron chi connectivity index (χ1n) is 26.7. The van der Waals surface area contributed by atoms with Crippen molar-refractivity contribution in [2.24, 2.45) is 0 Å². The summed E-state index contributed by atoms with van der Waals surface area (Å²) < 4.78 is 34.0. The number of allylic oxidation sites excluding steroid dienone is 6. The van der Waals surface area contributed by atoms with Crippen molar-refractivity contribution in [3.63, 3.8) is 0 Å². The summed E-state index contributed by atoms with van der Waals surface area (Å²) in [7, 11) is 1.15. The fourth-order valence-corrected chi connectivity index (χ4v) is 8.23. The van der Waals surface area contributed by atoms with Gasteiger partial charge >= 0.3 is 11.9 Å². The normalized spacial score (nSPS) is 13.7. The Hall–Kier alpha value is -1.77. The Balaban J connectivity index is 4.24. The van der Waals surface area contributed by atoms with Crippen molar-refractivity contribution >= 4 is 19.8 Å². The number of phosphoric acid groups is 1. The third kappa shape index (κ3) is 49.7. The Morgan fingerprint density at radius 3 is 1.30 bits per heavy atom. The molecule has 0 saturated heterocycles. The predicted octanol–water partition coefficient (Wildman–Crippen LogP) is 15.4. The molecule has 0 aliphatic carbocycles. The lowest BCUT2D eigenvalue weighted by Crippen LogP contribution is -2.37. The molecule has 0 amide bonds. The first-order valence-corrected chi connectivity index (χ1v) is 28.2. The summed E-state index contributed by atoms with van der Waals surface area (Å²) in [6, 6.07) is 0. The largest absolute Gasteiger partial charge is 0.756 e. The summed E-state index contributed by atoms with van der Waals surface area (Å²) >= 11 is 0. The van der Waals surface area contributed by atoms with E-state index in [1.54, 1.807) is 0 Å². The average molecular weight is 924 g/mol. The number of quaternary nitrogens is 1. The van der Waals surface area contributed by atoms with E-state index in [2.05, 4.69) is 50.3 Å². The van der Waals surface area contributed by atoms with Crippen molar-refractivity contribution in [3.05, 3.63) is 36.5 Å². The van der Waals surface area contributed by atoms with Crippen LogP contribution in [0.2, 0.25) is 0 Å². The number of likely N-dealkylation sites (N-methyl/N-ethyl adjacent to an activating group) is 1. The highest BCUT2D eigenvalue weighted by Gasteiger charge is 2.21. The highest BCUT2D eigenvalue weighted by Crippen LogP contribution is 2.38. The maximum absolute atomic E-state index is 12.8. The van der Waals surface area contributed by atoms with Gasteiger partial charge in [-0.3, -0.25) is 14.2 Å². The van der Waals surface area contributed by atoms with E-state index in [4.69, 9.17) is 18.5 Å². The van der Waals surface area contributed by atoms with Gasteiger partial charge in [-0.05, 0) is 44.9 Å². The Bertz CT molecular complexity index is 1180. The molecule has 0 aromatic carbocycles. The topological polar surface area (TPSA) is 111 Å². The zero-order valence-corrected chi connectivity index (χ0v) is 43.4. The summed E-state index contributed by atoms with van der Waals surface area (Å²) in [6.45, 7) is 4.20. The van der Waals surface area contributed by atoms with E-state index < -0.39 is 32.5 Å². The van der Waals surface area contributed by atoms with Crippen molar-refractivity contribution in [3.8, 4) is 0 Å². The smallest absolute Gasteiger partial charge is 0.306 e. The minimum atomic E-state index is -4.64. The van der Waals surface area contributed by atoms with Crippen LogP contribution in [-0.2, 0) is 32.7 Å². The minimum Gasteiger partial charge on any atom is -0.756 e. The van der Waals surface area contributed by atoms with E-state index in [9.17, 15) is 19.0 Å². The number of phosphoric ester groups is 1. The second-order valence-corrected chi connectivity index (χ2v) is 20.7. The van der Waals surface area contributed by atoms with Gasteiger partial charge in [-0.1, -0.05) is 224 Å². The number of nitrogens with zero attached hydrogens (tertiary/aromatic N) is 1. The number of esters is 2. The monoisotopic (exact) mass is 924 g/mol. The average Bonchev–Trinajstić information content (AvgIpc) is 3.25. The number of carbonyl (C=O) groups excluding carboxylic acids is 2. The molecule has 2 atom stereocenters. The fraction of sp³-hybridized carbons (Fsp3) is 0.852. The molecule has 1 unspecified atom stereocenters. The van der Waals surface area contributed by atoms with Gasteiger partial charge in [0.1, 0.15) is 19.8 Å². The van der Waals surface area contributed by atoms with Gasteiger partial charge in [-0.15, -0.1) is 0 Å². The summed E-state index contributed by atoms with van der Waals surface area (Å²) in [5, 5.41) is 0. The van der Waals surface area contributed by atoms with Crippen molar-refractivity contribution in [2.45, 2.75) is 251 Å². The number of hydrogen-bond acceptors (Lipinski definition) is 8. The second-order valence-electron chi connectivity index (χ2n) is 19.2. The molecular weight excluding hydrogens is 822 g/mol. The maximum Gasteiger partial charge on any atom is 0.306 e. The van der Waals surface area contributed by atoms with Gasteiger partial charge in [0.05, 0.1) is 27.7 Å². The van der Waals surface area contributed by atoms with Crippen LogP contribution in [0.3, 0.4) is 0 Å². The van der Waals surface area contributed by atoms with E-state index in [-0.39, 0.29) is 26.1 Å². The van der Waals surface area contributed by atoms with Crippen LogP contribution < -0.4 is 4.89 Å². The van der Waals surface area contributed by atoms with E-state index in [0.717, 1.165) is 44.9 Å². The lowest BCUT2D eigenvalue weighted by Gasteiger charge is -2.28. The van der Waals surface area contributed by atoms with Crippen molar-refractivity contribution in [2.75, 3.05) is 47.5 Å². The molecule has 0 heterocycles. The molecule has 0 fully saturated rings. The van der Waals surface area contributed by atoms with Crippen LogP contribution in [0, 0.1) is 0 Å². The summed E-state index contributed by atoms with van der Waals surface area (Å²) in [4.78, 5) is 37.7. The van der Waals surface area contributed by atoms with Crippen molar-refractivity contribution in [1.82, 2.24) is 0 Å². The Labute approximate surface area is 395 Å². The molecule has 64 heavy (non-hydrogen) atoms. The second kappa shape index (κ2) is 46.3. The summed E-state index contributed by atoms with van der Waals surface area (Å²) in [5.74, 6) is -0.885. The molecule has 0 saturated carbocycles. The molecule has 0 bridgehead atoms. The minimum absolute atomic E-state index is 0.0370. The number of ether oxygens (including phenoxy) is 2. The lowest BCUT2D eigenvalue weighted by molar-refractivity contribution is -0.870. The Kier molecular flexibility index (Phi) is 45.1. The van der Waals surface area contributed by atoms with Crippen molar-refractivity contribution in [1.29, 1.82) is 0 Å². The van der Waals surface area contributed by atoms with Crippen LogP contribution in [0.4, 0.5) is 0 Å². The van der Waals surface area contributed by atoms with Gasteiger partial charge in [-0.2, -0.15) is 0 Å². The van der Waals surface area contributed by atoms with Crippen LogP contribution in [0.15, 0.2) is 36.5 Å². The molecule has 0 radical (unpaired) electrons. The number of rotatable bonds is 49. The molecule has 376 valence electrons. The first kappa shape index (κ1) is 62.2. The first-order chi connectivity index (χ1) is 31.0. The predicted molar refractivity (Wildman–Crippen MR) is 268 cm³/mol. The standard InChI is InChI=1S/C54H102NO8P/c1-6-8-10-12-14-16-18-20-22-24-25-26-27-28-29-31-33-35-37-39-41-43-45-47-54(57)63-52(51-62-64(58,59)61-49-48-55(3,4)5)50-60-53(56)46-44-42-40-38-36-34-32-30-23-21-19-17-15-13-11-9-7-2/h21,23,32,34,38,40,52H,6-20,22,24-31,33,35-37,39,41-51H2,1-5H3/b23-21+,34-32+,40-38+/t52-/m1/s1. The molecular formula is C54H102NO8P. The molecule has 0 aromatic rings. The highest BCUT2D eigenvalue weighted by molar-refractivity contribution is 7.45. The Morgan fingerprint density at radius 2 is 0.859 bits per heavy atom. The molecule has 9 nitrogen and oxygen atoms in total. The number of hydrogen-bond donors (Lipinski definition) is 0. The molecule has 10 heteroatoms. The van der Waals surface area contributed by atoms with Crippen LogP contribution in [0.5, 0.6) is 0 Å². The van der Waals surface area contributed by atoms with Crippen LogP contribution >= 0.6 is 7.82 Å². The van der Waals surface area contributed by atoms with Crippen LogP contribution in [0.1, 0.15) is 245 Å². The van der Waals surface area contributed by atoms with E-state index in [1.807, 2.05) is 21.1 Å². The van der Waals surface area contributed by atoms with E-state index >= 15 is 0 Å². The van der Waals surface area contributed by atoms with Gasteiger partial charge < -0.3 is 27.9 Å². The molecule has 0 aliphatic rings. The summed E-state index contributed by atoms with van der Waals surface area (Å²) in [5.41, 5.74) is 0. The van der Waals surface area contributed by atoms with Gasteiger partial charge in [0, 0.05) is 12.8 Å². The molecule has 0 spiro atoms. The maximum atomic E-state index is 12.8. The van der Waals surface area contributed by atoms with Gasteiger partial charge in [0.25, 0.3) is 7.82 Å². The van der Waals surface area contributed by atoms with Gasteiger partial charge in [0.2, 0.25) is 0 Å². The Morgan fingerprint density at radius 1 is 0.484 bits per heavy atom. The number of carbonyl (C=O) groups is 2. The van der Waals surface area contributed by atoms with Crippen LogP contribution in [0.25, 0.3) is 0 Å². The molecule has 0 aliphatic heterocycles. The highest BCUT2D eigenvalue weighted by atomic mass is 31.2. The van der Waals surface area contributed by atoms with E-state index in [1.165, 1.54) is 161 Å². The van der Waals surface area contributed by atoms with Crippen LogP contribution in [-0.4, -0.2) is 70.0 Å². The quantitative estimate of drug-likeness (QED) is 0.0195.